The maximum atomic E-state index is 5.35. The minimum absolute atomic E-state index is 0.116. The van der Waals surface area contributed by atoms with Crippen LogP contribution in [0, 0.1) is 13.8 Å². The van der Waals surface area contributed by atoms with E-state index in [0.29, 0.717) is 0 Å². The predicted molar refractivity (Wildman–Crippen MR) is 99.5 cm³/mol. The average molecular weight is 320 g/mol. The highest BCUT2D eigenvalue weighted by Crippen LogP contribution is 2.39. The first-order valence-electron chi connectivity index (χ1n) is 8.26. The van der Waals surface area contributed by atoms with Gasteiger partial charge in [-0.05, 0) is 42.7 Å². The van der Waals surface area contributed by atoms with E-state index in [0.717, 1.165) is 28.3 Å². The fraction of sp³-hybridized carbons (Fsp3) is 0.286. The summed E-state index contributed by atoms with van der Waals surface area (Å²) in [7, 11) is 1.97. The molecule has 0 amide bonds. The Morgan fingerprint density at radius 1 is 1.00 bits per heavy atom. The van der Waals surface area contributed by atoms with Gasteiger partial charge in [-0.3, -0.25) is 0 Å². The molecule has 0 aliphatic carbocycles. The van der Waals surface area contributed by atoms with Gasteiger partial charge in [-0.25, -0.2) is 0 Å². The second kappa shape index (κ2) is 6.16. The largest absolute Gasteiger partial charge is 0.388 e. The standard InChI is InChI=1S/C21H24N2O/c1-14-20(15(2)24-23-14)16-11-12-19(22-5)18(13-16)21(3,4)17-9-7-6-8-10-17/h6-13,22H,1-5H3. The molecular weight excluding hydrogens is 296 g/mol. The van der Waals surface area contributed by atoms with Crippen LogP contribution in [0.4, 0.5) is 5.69 Å². The summed E-state index contributed by atoms with van der Waals surface area (Å²) in [6.07, 6.45) is 0. The quantitative estimate of drug-likeness (QED) is 0.706. The maximum absolute atomic E-state index is 5.35. The average Bonchev–Trinajstić information content (AvgIpc) is 2.93. The van der Waals surface area contributed by atoms with Crippen molar-refractivity contribution in [3.63, 3.8) is 0 Å². The van der Waals surface area contributed by atoms with Crippen molar-refractivity contribution in [2.24, 2.45) is 0 Å². The predicted octanol–water partition coefficient (Wildman–Crippen LogP) is 5.33. The summed E-state index contributed by atoms with van der Waals surface area (Å²) in [6, 6.07) is 17.1. The number of hydrogen-bond donors (Lipinski definition) is 1. The van der Waals surface area contributed by atoms with Crippen LogP contribution in [-0.2, 0) is 5.41 Å². The first-order valence-corrected chi connectivity index (χ1v) is 8.26. The third-order valence-corrected chi connectivity index (χ3v) is 4.78. The summed E-state index contributed by atoms with van der Waals surface area (Å²) >= 11 is 0. The summed E-state index contributed by atoms with van der Waals surface area (Å²) in [5.41, 5.74) is 6.72. The van der Waals surface area contributed by atoms with Gasteiger partial charge in [0.1, 0.15) is 5.76 Å². The second-order valence-electron chi connectivity index (χ2n) is 6.70. The molecule has 0 atom stereocenters. The van der Waals surface area contributed by atoms with Gasteiger partial charge in [0.15, 0.2) is 0 Å². The minimum atomic E-state index is -0.116. The summed E-state index contributed by atoms with van der Waals surface area (Å²) in [5, 5.41) is 7.43. The van der Waals surface area contributed by atoms with Gasteiger partial charge in [-0.2, -0.15) is 0 Å². The first-order chi connectivity index (χ1) is 11.4. The fourth-order valence-electron chi connectivity index (χ4n) is 3.34. The third-order valence-electron chi connectivity index (χ3n) is 4.78. The Balaban J connectivity index is 2.18. The van der Waals surface area contributed by atoms with E-state index in [2.05, 4.69) is 72.9 Å². The van der Waals surface area contributed by atoms with Gasteiger partial charge in [-0.15, -0.1) is 0 Å². The fourth-order valence-corrected chi connectivity index (χ4v) is 3.34. The molecule has 0 spiro atoms. The number of nitrogens with zero attached hydrogens (tertiary/aromatic N) is 1. The molecule has 1 aromatic heterocycles. The smallest absolute Gasteiger partial charge is 0.141 e. The number of aryl methyl sites for hydroxylation is 2. The highest BCUT2D eigenvalue weighted by Gasteiger charge is 2.26. The molecular formula is C21H24N2O. The van der Waals surface area contributed by atoms with Crippen molar-refractivity contribution in [2.45, 2.75) is 33.1 Å². The summed E-state index contributed by atoms with van der Waals surface area (Å²) < 4.78 is 5.35. The molecule has 0 radical (unpaired) electrons. The molecule has 0 unspecified atom stereocenters. The Labute approximate surface area is 143 Å². The first kappa shape index (κ1) is 16.3. The van der Waals surface area contributed by atoms with E-state index in [1.807, 2.05) is 20.9 Å². The van der Waals surface area contributed by atoms with Crippen LogP contribution in [0.2, 0.25) is 0 Å². The molecule has 2 aromatic carbocycles. The summed E-state index contributed by atoms with van der Waals surface area (Å²) in [5.74, 6) is 0.855. The van der Waals surface area contributed by atoms with Gasteiger partial charge in [-0.1, -0.05) is 55.4 Å². The highest BCUT2D eigenvalue weighted by atomic mass is 16.5. The molecule has 1 heterocycles. The van der Waals surface area contributed by atoms with Gasteiger partial charge in [0.05, 0.1) is 5.69 Å². The third kappa shape index (κ3) is 2.71. The van der Waals surface area contributed by atoms with Gasteiger partial charge in [0.2, 0.25) is 0 Å². The van der Waals surface area contributed by atoms with Crippen molar-refractivity contribution < 1.29 is 4.52 Å². The number of aromatic nitrogens is 1. The number of hydrogen-bond acceptors (Lipinski definition) is 3. The normalized spacial score (nSPS) is 11.5. The van der Waals surface area contributed by atoms with E-state index >= 15 is 0 Å². The van der Waals surface area contributed by atoms with Crippen LogP contribution < -0.4 is 5.32 Å². The lowest BCUT2D eigenvalue weighted by Crippen LogP contribution is -2.20. The maximum Gasteiger partial charge on any atom is 0.141 e. The molecule has 0 bridgehead atoms. The van der Waals surface area contributed by atoms with Gasteiger partial charge in [0, 0.05) is 23.7 Å². The van der Waals surface area contributed by atoms with Crippen molar-refractivity contribution in [2.75, 3.05) is 12.4 Å². The molecule has 0 saturated carbocycles. The van der Waals surface area contributed by atoms with Gasteiger partial charge in [0.25, 0.3) is 0 Å². The SMILES string of the molecule is CNc1ccc(-c2c(C)noc2C)cc1C(C)(C)c1ccccc1. The molecule has 0 aliphatic heterocycles. The van der Waals surface area contributed by atoms with E-state index in [1.54, 1.807) is 0 Å². The molecule has 0 saturated heterocycles. The van der Waals surface area contributed by atoms with Crippen molar-refractivity contribution in [1.82, 2.24) is 5.16 Å². The Morgan fingerprint density at radius 3 is 2.29 bits per heavy atom. The van der Waals surface area contributed by atoms with Crippen LogP contribution in [0.15, 0.2) is 53.1 Å². The monoisotopic (exact) mass is 320 g/mol. The lowest BCUT2D eigenvalue weighted by Gasteiger charge is -2.29. The molecule has 0 fully saturated rings. The number of nitrogens with one attached hydrogen (secondary N) is 1. The molecule has 3 rings (SSSR count). The zero-order chi connectivity index (χ0) is 17.3. The van der Waals surface area contributed by atoms with Crippen LogP contribution >= 0.6 is 0 Å². The van der Waals surface area contributed by atoms with Crippen LogP contribution in [0.3, 0.4) is 0 Å². The number of rotatable bonds is 4. The van der Waals surface area contributed by atoms with E-state index < -0.39 is 0 Å². The van der Waals surface area contributed by atoms with Crippen molar-refractivity contribution in [3.8, 4) is 11.1 Å². The van der Waals surface area contributed by atoms with Crippen molar-refractivity contribution >= 4 is 5.69 Å². The molecule has 3 aromatic rings. The zero-order valence-corrected chi connectivity index (χ0v) is 15.0. The molecule has 1 N–H and O–H groups in total. The molecule has 0 aliphatic rings. The summed E-state index contributed by atoms with van der Waals surface area (Å²) in [4.78, 5) is 0. The summed E-state index contributed by atoms with van der Waals surface area (Å²) in [6.45, 7) is 8.47. The number of anilines is 1. The Bertz CT molecular complexity index is 828. The van der Waals surface area contributed by atoms with Gasteiger partial charge >= 0.3 is 0 Å². The zero-order valence-electron chi connectivity index (χ0n) is 15.0. The molecule has 3 nitrogen and oxygen atoms in total. The van der Waals surface area contributed by atoms with Crippen LogP contribution in [0.25, 0.3) is 11.1 Å². The lowest BCUT2D eigenvalue weighted by atomic mass is 9.76. The Hall–Kier alpha value is -2.55. The van der Waals surface area contributed by atoms with Crippen LogP contribution in [0.5, 0.6) is 0 Å². The Morgan fingerprint density at radius 2 is 1.71 bits per heavy atom. The minimum Gasteiger partial charge on any atom is -0.388 e. The van der Waals surface area contributed by atoms with Crippen LogP contribution in [0.1, 0.15) is 36.4 Å². The van der Waals surface area contributed by atoms with E-state index in [9.17, 15) is 0 Å². The van der Waals surface area contributed by atoms with E-state index in [-0.39, 0.29) is 5.41 Å². The van der Waals surface area contributed by atoms with Gasteiger partial charge < -0.3 is 9.84 Å². The number of benzene rings is 2. The molecule has 3 heteroatoms. The topological polar surface area (TPSA) is 38.1 Å². The van der Waals surface area contributed by atoms with Crippen molar-refractivity contribution in [1.29, 1.82) is 0 Å². The van der Waals surface area contributed by atoms with Crippen LogP contribution in [-0.4, -0.2) is 12.2 Å². The highest BCUT2D eigenvalue weighted by molar-refractivity contribution is 5.73. The van der Waals surface area contributed by atoms with E-state index in [4.69, 9.17) is 4.52 Å². The second-order valence-corrected chi connectivity index (χ2v) is 6.70. The van der Waals surface area contributed by atoms with E-state index in [1.165, 1.54) is 11.1 Å². The molecule has 24 heavy (non-hydrogen) atoms. The molecule has 124 valence electrons. The Kier molecular flexibility index (Phi) is 4.18. The van der Waals surface area contributed by atoms with Crippen molar-refractivity contribution in [3.05, 3.63) is 71.1 Å². The lowest BCUT2D eigenvalue weighted by molar-refractivity contribution is 0.393.